The van der Waals surface area contributed by atoms with Crippen molar-refractivity contribution in [3.63, 3.8) is 0 Å². The second kappa shape index (κ2) is 23.5. The Morgan fingerprint density at radius 2 is 1.06 bits per heavy atom. The zero-order valence-electron chi connectivity index (χ0n) is 31.3. The fourth-order valence-corrected chi connectivity index (χ4v) is 7.25. The molecule has 0 aliphatic rings. The maximum Gasteiger partial charge on any atom is 0.221 e. The van der Waals surface area contributed by atoms with Crippen molar-refractivity contribution in [1.29, 1.82) is 0 Å². The molecule has 4 rings (SSSR count). The van der Waals surface area contributed by atoms with Gasteiger partial charge in [-0.2, -0.15) is 9.13 Å². The molecular weight excluding hydrogens is 713 g/mol. The number of rotatable bonds is 22. The number of allylic oxidation sites excluding steroid dienone is 1. The third-order valence-corrected chi connectivity index (χ3v) is 10.5. The number of hydrogen-bond donors (Lipinski definition) is 4. The van der Waals surface area contributed by atoms with Crippen molar-refractivity contribution < 1.29 is 23.5 Å². The highest BCUT2D eigenvalue weighted by atomic mass is 33.1. The standard InChI is InChI=1S/C43H50N6O3S2/c1-34(2)46-38-20-14-36(15-21-38)18-24-40-10-4-6-28-48(40)30-8-12-42(51)44-26-32-53-54-33-27-45-43(52)13-9-31-49-29-7-5-11-41(49)25-19-37-16-22-39(23-17-37)47-35(3)50/h4-7,10-11,14-25,28-29H,1,8-9,12-13,26-27,30-33H2,2-3H3,(H2,44,45,51,52)/p+2. The largest absolute Gasteiger partial charge is 0.360 e. The van der Waals surface area contributed by atoms with Crippen molar-refractivity contribution in [1.82, 2.24) is 10.6 Å². The molecule has 0 aliphatic heterocycles. The van der Waals surface area contributed by atoms with Gasteiger partial charge in [-0.15, -0.1) is 0 Å². The minimum absolute atomic E-state index is 0.0552. The molecule has 4 aromatic rings. The fourth-order valence-electron chi connectivity index (χ4n) is 5.44. The van der Waals surface area contributed by atoms with Crippen LogP contribution in [0.5, 0.6) is 0 Å². The molecule has 282 valence electrons. The third kappa shape index (κ3) is 16.3. The number of aromatic nitrogens is 2. The van der Waals surface area contributed by atoms with Gasteiger partial charge in [-0.05, 0) is 66.6 Å². The van der Waals surface area contributed by atoms with Crippen LogP contribution < -0.4 is 30.4 Å². The van der Waals surface area contributed by atoms with E-state index in [1.807, 2.05) is 92.1 Å². The lowest BCUT2D eigenvalue weighted by Gasteiger charge is -2.06. The van der Waals surface area contributed by atoms with Crippen LogP contribution in [0.2, 0.25) is 0 Å². The molecule has 2 heterocycles. The fraction of sp³-hybridized carbons (Fsp3) is 0.279. The van der Waals surface area contributed by atoms with E-state index in [9.17, 15) is 14.4 Å². The van der Waals surface area contributed by atoms with Crippen molar-refractivity contribution in [3.8, 4) is 0 Å². The number of benzene rings is 2. The molecule has 2 aromatic heterocycles. The topological polar surface area (TPSA) is 107 Å². The first-order chi connectivity index (χ1) is 26.2. The minimum Gasteiger partial charge on any atom is -0.360 e. The zero-order valence-corrected chi connectivity index (χ0v) is 32.9. The summed E-state index contributed by atoms with van der Waals surface area (Å²) in [6.45, 7) is 10.0. The Labute approximate surface area is 327 Å². The number of amides is 3. The summed E-state index contributed by atoms with van der Waals surface area (Å²) in [6.07, 6.45) is 14.8. The van der Waals surface area contributed by atoms with E-state index < -0.39 is 0 Å². The lowest BCUT2D eigenvalue weighted by Crippen LogP contribution is -2.37. The summed E-state index contributed by atoms with van der Waals surface area (Å²) in [4.78, 5) is 36.1. The molecule has 54 heavy (non-hydrogen) atoms. The van der Waals surface area contributed by atoms with E-state index in [4.69, 9.17) is 0 Å². The number of anilines is 2. The van der Waals surface area contributed by atoms with Gasteiger partial charge < -0.3 is 21.3 Å². The average molecular weight is 765 g/mol. The van der Waals surface area contributed by atoms with Gasteiger partial charge in [0.25, 0.3) is 0 Å². The number of nitrogens with one attached hydrogen (secondary N) is 4. The maximum absolute atomic E-state index is 12.4. The molecule has 0 atom stereocenters. The highest BCUT2D eigenvalue weighted by molar-refractivity contribution is 8.76. The first kappa shape index (κ1) is 41.6. The third-order valence-electron chi connectivity index (χ3n) is 8.05. The van der Waals surface area contributed by atoms with Crippen LogP contribution in [0, 0.1) is 0 Å². The Bertz CT molecular complexity index is 1740. The van der Waals surface area contributed by atoms with Crippen molar-refractivity contribution in [3.05, 3.63) is 132 Å². The number of aryl methyl sites for hydroxylation is 2. The van der Waals surface area contributed by atoms with Crippen LogP contribution in [0.15, 0.2) is 110 Å². The molecule has 0 unspecified atom stereocenters. The van der Waals surface area contributed by atoms with E-state index in [2.05, 4.69) is 73.4 Å². The maximum atomic E-state index is 12.4. The molecule has 0 aliphatic carbocycles. The molecule has 9 nitrogen and oxygen atoms in total. The molecule has 4 N–H and O–H groups in total. The van der Waals surface area contributed by atoms with Crippen molar-refractivity contribution in [2.24, 2.45) is 0 Å². The van der Waals surface area contributed by atoms with Crippen molar-refractivity contribution in [2.45, 2.75) is 52.6 Å². The summed E-state index contributed by atoms with van der Waals surface area (Å²) in [6, 6.07) is 28.0. The van der Waals surface area contributed by atoms with Crippen molar-refractivity contribution >= 4 is 75.0 Å². The van der Waals surface area contributed by atoms with Crippen LogP contribution in [-0.2, 0) is 27.5 Å². The Hall–Kier alpha value is -5.13. The number of nitrogens with zero attached hydrogens (tertiary/aromatic N) is 2. The highest BCUT2D eigenvalue weighted by Gasteiger charge is 2.10. The number of pyridine rings is 2. The summed E-state index contributed by atoms with van der Waals surface area (Å²) in [5, 5.41) is 12.0. The van der Waals surface area contributed by atoms with Gasteiger partial charge in [0.05, 0.1) is 0 Å². The molecule has 0 spiro atoms. The second-order valence-electron chi connectivity index (χ2n) is 12.7. The van der Waals surface area contributed by atoms with Gasteiger partial charge in [0, 0.05) is 111 Å². The summed E-state index contributed by atoms with van der Waals surface area (Å²) in [5.41, 5.74) is 6.96. The van der Waals surface area contributed by atoms with E-state index >= 15 is 0 Å². The second-order valence-corrected chi connectivity index (χ2v) is 15.4. The highest BCUT2D eigenvalue weighted by Crippen LogP contribution is 2.19. The first-order valence-corrected chi connectivity index (χ1v) is 20.7. The zero-order chi connectivity index (χ0) is 38.4. The smallest absolute Gasteiger partial charge is 0.221 e. The number of carbonyl (C=O) groups is 3. The Morgan fingerprint density at radius 1 is 0.611 bits per heavy atom. The van der Waals surface area contributed by atoms with E-state index in [-0.39, 0.29) is 17.7 Å². The summed E-state index contributed by atoms with van der Waals surface area (Å²) < 4.78 is 4.31. The molecule has 3 amide bonds. The predicted octanol–water partition coefficient (Wildman–Crippen LogP) is 7.38. The van der Waals surface area contributed by atoms with Gasteiger partial charge in [-0.25, -0.2) is 0 Å². The molecular formula is C43H52N6O3S2+2. The van der Waals surface area contributed by atoms with Crippen LogP contribution in [0.1, 0.15) is 62.0 Å². The monoisotopic (exact) mass is 764 g/mol. The molecule has 2 aromatic carbocycles. The Morgan fingerprint density at radius 3 is 1.48 bits per heavy atom. The summed E-state index contributed by atoms with van der Waals surface area (Å²) >= 11 is 0. The molecule has 0 bridgehead atoms. The van der Waals surface area contributed by atoms with Gasteiger partial charge in [-0.1, -0.05) is 52.4 Å². The molecule has 0 saturated heterocycles. The van der Waals surface area contributed by atoms with Gasteiger partial charge in [0.15, 0.2) is 12.4 Å². The quantitative estimate of drug-likeness (QED) is 0.0378. The van der Waals surface area contributed by atoms with E-state index in [1.165, 1.54) is 6.92 Å². The Balaban J connectivity index is 1.03. The Kier molecular flexibility index (Phi) is 18.1. The summed E-state index contributed by atoms with van der Waals surface area (Å²) in [7, 11) is 3.41. The van der Waals surface area contributed by atoms with Crippen molar-refractivity contribution in [2.75, 3.05) is 35.2 Å². The normalized spacial score (nSPS) is 11.1. The summed E-state index contributed by atoms with van der Waals surface area (Å²) in [5.74, 6) is 1.65. The van der Waals surface area contributed by atoms with Gasteiger partial charge in [0.1, 0.15) is 13.1 Å². The molecule has 11 heteroatoms. The lowest BCUT2D eigenvalue weighted by molar-refractivity contribution is -0.699. The molecule has 0 fully saturated rings. The van der Waals surface area contributed by atoms with E-state index in [0.717, 1.165) is 77.0 Å². The van der Waals surface area contributed by atoms with Gasteiger partial charge >= 0.3 is 0 Å². The first-order valence-electron chi connectivity index (χ1n) is 18.3. The number of hydrogen-bond acceptors (Lipinski definition) is 6. The lowest BCUT2D eigenvalue weighted by atomic mass is 10.1. The predicted molar refractivity (Wildman–Crippen MR) is 226 cm³/mol. The number of carbonyl (C=O) groups excluding carboxylic acids is 3. The SMILES string of the molecule is C=C(C)Nc1ccc(/C=C/c2cccc[n+]2CCCC(=O)NCCSSCCNC(=O)CCC[n+]2ccccc2/C=C/c2ccc(NC(C)=O)cc2)cc1. The van der Waals surface area contributed by atoms with Crippen LogP contribution in [0.25, 0.3) is 24.3 Å². The minimum atomic E-state index is -0.0922. The van der Waals surface area contributed by atoms with Gasteiger partial charge in [0.2, 0.25) is 29.1 Å². The average Bonchev–Trinajstić information content (AvgIpc) is 3.16. The van der Waals surface area contributed by atoms with Crippen LogP contribution in [0.3, 0.4) is 0 Å². The van der Waals surface area contributed by atoms with Crippen LogP contribution >= 0.6 is 21.6 Å². The molecule has 0 saturated carbocycles. The van der Waals surface area contributed by atoms with E-state index in [1.54, 1.807) is 21.6 Å². The molecule has 0 radical (unpaired) electrons. The van der Waals surface area contributed by atoms with Gasteiger partial charge in [-0.3, -0.25) is 14.4 Å². The van der Waals surface area contributed by atoms with E-state index in [0.29, 0.717) is 25.9 Å². The van der Waals surface area contributed by atoms with Crippen LogP contribution in [0.4, 0.5) is 11.4 Å². The van der Waals surface area contributed by atoms with Crippen LogP contribution in [-0.4, -0.2) is 42.3 Å².